The largest absolute Gasteiger partial charge is 0.381 e. The van der Waals surface area contributed by atoms with E-state index in [4.69, 9.17) is 9.73 Å². The predicted molar refractivity (Wildman–Crippen MR) is 112 cm³/mol. The molecule has 1 N–H and O–H groups in total. The topological polar surface area (TPSA) is 36.9 Å². The Bertz CT molecular complexity index is 559. The minimum absolute atomic E-state index is 0. The van der Waals surface area contributed by atoms with E-state index < -0.39 is 0 Å². The zero-order chi connectivity index (χ0) is 17.6. The summed E-state index contributed by atoms with van der Waals surface area (Å²) in [4.78, 5) is 6.97. The van der Waals surface area contributed by atoms with E-state index in [-0.39, 0.29) is 35.2 Å². The summed E-state index contributed by atoms with van der Waals surface area (Å²) in [5.74, 6) is 1.26. The summed E-state index contributed by atoms with van der Waals surface area (Å²) in [6, 6.07) is 6.80. The molecule has 142 valence electrons. The summed E-state index contributed by atoms with van der Waals surface area (Å²) in [5, 5.41) is 3.35. The molecule has 1 saturated heterocycles. The van der Waals surface area contributed by atoms with Crippen molar-refractivity contribution in [1.82, 2.24) is 10.2 Å². The molecule has 1 aromatic rings. The van der Waals surface area contributed by atoms with Crippen molar-refractivity contribution in [1.29, 1.82) is 0 Å². The first-order chi connectivity index (χ1) is 11.4. The maximum Gasteiger partial charge on any atom is 0.193 e. The van der Waals surface area contributed by atoms with Crippen molar-refractivity contribution in [3.05, 3.63) is 35.6 Å². The van der Waals surface area contributed by atoms with Crippen LogP contribution in [0, 0.1) is 11.7 Å². The highest BCUT2D eigenvalue weighted by Gasteiger charge is 2.23. The van der Waals surface area contributed by atoms with Gasteiger partial charge < -0.3 is 15.0 Å². The number of aliphatic imine (C=N–C) groups is 1. The molecule has 0 saturated carbocycles. The van der Waals surface area contributed by atoms with Gasteiger partial charge in [-0.1, -0.05) is 26.0 Å². The quantitative estimate of drug-likeness (QED) is 0.398. The van der Waals surface area contributed by atoms with Crippen LogP contribution < -0.4 is 5.32 Å². The molecule has 1 aromatic carbocycles. The Balaban J connectivity index is 0.00000312. The number of rotatable bonds is 6. The van der Waals surface area contributed by atoms with Crippen molar-refractivity contribution < 1.29 is 9.13 Å². The fraction of sp³-hybridized carbons (Fsp3) is 0.632. The van der Waals surface area contributed by atoms with Gasteiger partial charge in [-0.25, -0.2) is 4.39 Å². The molecular formula is C19H31FIN3O. The lowest BCUT2D eigenvalue weighted by Crippen LogP contribution is -2.42. The highest BCUT2D eigenvalue weighted by molar-refractivity contribution is 14.0. The molecule has 0 aliphatic carbocycles. The van der Waals surface area contributed by atoms with E-state index in [1.54, 1.807) is 12.1 Å². The number of hydrogen-bond acceptors (Lipinski definition) is 2. The summed E-state index contributed by atoms with van der Waals surface area (Å²) < 4.78 is 19.0. The van der Waals surface area contributed by atoms with Gasteiger partial charge in [-0.2, -0.15) is 0 Å². The van der Waals surface area contributed by atoms with E-state index in [1.165, 1.54) is 6.07 Å². The van der Waals surface area contributed by atoms with Crippen LogP contribution in [0.4, 0.5) is 4.39 Å². The van der Waals surface area contributed by atoms with Crippen molar-refractivity contribution >= 4 is 29.9 Å². The molecule has 4 nitrogen and oxygen atoms in total. The van der Waals surface area contributed by atoms with Crippen LogP contribution in [0.25, 0.3) is 0 Å². The van der Waals surface area contributed by atoms with Crippen LogP contribution in [-0.4, -0.2) is 50.8 Å². The minimum Gasteiger partial charge on any atom is -0.381 e. The summed E-state index contributed by atoms with van der Waals surface area (Å²) in [5.41, 5.74) is 0.744. The molecule has 1 heterocycles. The molecule has 0 bridgehead atoms. The van der Waals surface area contributed by atoms with Crippen LogP contribution in [0.3, 0.4) is 0 Å². The average Bonchev–Trinajstić information content (AvgIpc) is 3.04. The van der Waals surface area contributed by atoms with E-state index in [2.05, 4.69) is 38.0 Å². The number of halogens is 2. The second-order valence-corrected chi connectivity index (χ2v) is 7.17. The zero-order valence-electron chi connectivity index (χ0n) is 15.7. The predicted octanol–water partition coefficient (Wildman–Crippen LogP) is 3.66. The third-order valence-electron chi connectivity index (χ3n) is 4.48. The van der Waals surface area contributed by atoms with Crippen LogP contribution in [0.15, 0.2) is 29.3 Å². The molecule has 0 amide bonds. The number of hydrogen-bond donors (Lipinski definition) is 1. The fourth-order valence-electron chi connectivity index (χ4n) is 2.94. The first-order valence-corrected chi connectivity index (χ1v) is 8.75. The maximum atomic E-state index is 13.5. The molecule has 1 aliphatic rings. The molecule has 0 spiro atoms. The Hall–Kier alpha value is -0.890. The molecule has 25 heavy (non-hydrogen) atoms. The fourth-order valence-corrected chi connectivity index (χ4v) is 2.94. The number of guanidine groups is 1. The molecule has 1 aliphatic heterocycles. The van der Waals surface area contributed by atoms with Gasteiger partial charge in [-0.15, -0.1) is 24.0 Å². The van der Waals surface area contributed by atoms with Crippen LogP contribution in [0.1, 0.15) is 32.8 Å². The SMILES string of the molecule is CCNC(=NCC(C)(C)c1cccc(F)c1)N(C)CC1CCOC1.I. The third-order valence-corrected chi connectivity index (χ3v) is 4.48. The highest BCUT2D eigenvalue weighted by Crippen LogP contribution is 2.24. The van der Waals surface area contributed by atoms with Gasteiger partial charge in [0, 0.05) is 38.1 Å². The van der Waals surface area contributed by atoms with Crippen molar-refractivity contribution in [2.45, 2.75) is 32.6 Å². The van der Waals surface area contributed by atoms with Crippen molar-refractivity contribution in [2.24, 2.45) is 10.9 Å². The van der Waals surface area contributed by atoms with E-state index in [1.807, 2.05) is 6.07 Å². The van der Waals surface area contributed by atoms with Gasteiger partial charge in [-0.3, -0.25) is 4.99 Å². The highest BCUT2D eigenvalue weighted by atomic mass is 127. The molecule has 1 unspecified atom stereocenters. The monoisotopic (exact) mass is 463 g/mol. The van der Waals surface area contributed by atoms with Crippen molar-refractivity contribution in [3.8, 4) is 0 Å². The molecule has 0 aromatic heterocycles. The Morgan fingerprint density at radius 2 is 2.20 bits per heavy atom. The Morgan fingerprint density at radius 1 is 1.44 bits per heavy atom. The molecule has 1 fully saturated rings. The van der Waals surface area contributed by atoms with Gasteiger partial charge in [0.05, 0.1) is 13.2 Å². The summed E-state index contributed by atoms with van der Waals surface area (Å²) in [6.07, 6.45) is 1.11. The normalized spacial score (nSPS) is 18.0. The first-order valence-electron chi connectivity index (χ1n) is 8.75. The van der Waals surface area contributed by atoms with Crippen LogP contribution in [-0.2, 0) is 10.2 Å². The lowest BCUT2D eigenvalue weighted by Gasteiger charge is -2.27. The molecular weight excluding hydrogens is 432 g/mol. The van der Waals surface area contributed by atoms with Crippen LogP contribution >= 0.6 is 24.0 Å². The lowest BCUT2D eigenvalue weighted by atomic mass is 9.85. The van der Waals surface area contributed by atoms with E-state index in [0.717, 1.165) is 44.2 Å². The number of nitrogens with zero attached hydrogens (tertiary/aromatic N) is 2. The number of nitrogens with one attached hydrogen (secondary N) is 1. The van der Waals surface area contributed by atoms with Crippen molar-refractivity contribution in [3.63, 3.8) is 0 Å². The van der Waals surface area contributed by atoms with Gasteiger partial charge in [0.15, 0.2) is 5.96 Å². The Morgan fingerprint density at radius 3 is 2.80 bits per heavy atom. The Kier molecular flexibility index (Phi) is 9.13. The maximum absolute atomic E-state index is 13.5. The Labute approximate surface area is 168 Å². The average molecular weight is 463 g/mol. The van der Waals surface area contributed by atoms with Gasteiger partial charge in [0.1, 0.15) is 5.82 Å². The van der Waals surface area contributed by atoms with Gasteiger partial charge in [0.25, 0.3) is 0 Å². The number of benzene rings is 1. The van der Waals surface area contributed by atoms with Gasteiger partial charge in [0.2, 0.25) is 0 Å². The molecule has 1 atom stereocenters. The second kappa shape index (κ2) is 10.3. The summed E-state index contributed by atoms with van der Waals surface area (Å²) in [7, 11) is 2.06. The second-order valence-electron chi connectivity index (χ2n) is 7.17. The summed E-state index contributed by atoms with van der Waals surface area (Å²) in [6.45, 7) is 10.3. The zero-order valence-corrected chi connectivity index (χ0v) is 18.0. The van der Waals surface area contributed by atoms with Crippen LogP contribution in [0.5, 0.6) is 0 Å². The first kappa shape index (κ1) is 22.2. The van der Waals surface area contributed by atoms with E-state index in [0.29, 0.717) is 12.5 Å². The molecule has 2 rings (SSSR count). The minimum atomic E-state index is -0.222. The third kappa shape index (κ3) is 6.73. The van der Waals surface area contributed by atoms with Crippen LogP contribution in [0.2, 0.25) is 0 Å². The van der Waals surface area contributed by atoms with E-state index in [9.17, 15) is 4.39 Å². The van der Waals surface area contributed by atoms with Gasteiger partial charge in [-0.05, 0) is 31.0 Å². The molecule has 0 radical (unpaired) electrons. The van der Waals surface area contributed by atoms with Crippen molar-refractivity contribution in [2.75, 3.05) is 39.9 Å². The van der Waals surface area contributed by atoms with E-state index >= 15 is 0 Å². The smallest absolute Gasteiger partial charge is 0.193 e. The number of ether oxygens (including phenoxy) is 1. The lowest BCUT2D eigenvalue weighted by molar-refractivity contribution is 0.181. The summed E-state index contributed by atoms with van der Waals surface area (Å²) >= 11 is 0. The van der Waals surface area contributed by atoms with Gasteiger partial charge >= 0.3 is 0 Å². The molecule has 6 heteroatoms. The standard InChI is InChI=1S/C19H30FN3O.HI/c1-5-21-18(23(4)12-15-9-10-24-13-15)22-14-19(2,3)16-7-6-8-17(20)11-16;/h6-8,11,15H,5,9-10,12-14H2,1-4H3,(H,21,22);1H.